The summed E-state index contributed by atoms with van der Waals surface area (Å²) in [6.07, 6.45) is 0. The van der Waals surface area contributed by atoms with Crippen LogP contribution in [0.3, 0.4) is 0 Å². The average molecular weight is 317 g/mol. The Morgan fingerprint density at radius 1 is 1.83 bits per heavy atom. The largest absolute Gasteiger partial charge is 0.462 e. The van der Waals surface area contributed by atoms with E-state index in [0.29, 0.717) is 16.5 Å². The predicted octanol–water partition coefficient (Wildman–Crippen LogP) is 3.18. The van der Waals surface area contributed by atoms with Gasteiger partial charge in [0.1, 0.15) is 4.88 Å². The van der Waals surface area contributed by atoms with Gasteiger partial charge >= 0.3 is 5.97 Å². The Hall–Kier alpha value is 0.190. The predicted molar refractivity (Wildman–Crippen MR) is 58.0 cm³/mol. The highest BCUT2D eigenvalue weighted by molar-refractivity contribution is 14.1. The van der Waals surface area contributed by atoms with Crippen LogP contribution in [-0.2, 0) is 4.74 Å². The summed E-state index contributed by atoms with van der Waals surface area (Å²) in [7, 11) is 0. The Morgan fingerprint density at radius 3 is 2.92 bits per heavy atom. The number of esters is 1. The normalized spacial score (nSPS) is 9.92. The van der Waals surface area contributed by atoms with Crippen LogP contribution >= 0.6 is 45.5 Å². The minimum absolute atomic E-state index is 0.338. The zero-order valence-corrected chi connectivity index (χ0v) is 10.00. The smallest absolute Gasteiger partial charge is 0.349 e. The van der Waals surface area contributed by atoms with Gasteiger partial charge in [-0.15, -0.1) is 11.3 Å². The molecule has 0 N–H and O–H groups in total. The number of carbonyl (C=O) groups is 1. The molecule has 2 nitrogen and oxygen atoms in total. The van der Waals surface area contributed by atoms with Crippen molar-refractivity contribution >= 4 is 51.5 Å². The van der Waals surface area contributed by atoms with Gasteiger partial charge in [-0.2, -0.15) is 0 Å². The first kappa shape index (κ1) is 10.3. The molecule has 0 unspecified atom stereocenters. The van der Waals surface area contributed by atoms with Crippen molar-refractivity contribution < 1.29 is 9.53 Å². The third kappa shape index (κ3) is 2.34. The first-order chi connectivity index (χ1) is 5.65. The van der Waals surface area contributed by atoms with Gasteiger partial charge < -0.3 is 4.74 Å². The lowest BCUT2D eigenvalue weighted by Gasteiger charge is -1.97. The van der Waals surface area contributed by atoms with Crippen molar-refractivity contribution in [1.29, 1.82) is 0 Å². The monoisotopic (exact) mass is 316 g/mol. The van der Waals surface area contributed by atoms with Gasteiger partial charge in [0.25, 0.3) is 0 Å². The SMILES string of the molecule is CCOC(=O)c1sc(I)cc1Cl. The molecule has 66 valence electrons. The lowest BCUT2D eigenvalue weighted by Crippen LogP contribution is -2.02. The van der Waals surface area contributed by atoms with Crippen molar-refractivity contribution in [2.24, 2.45) is 0 Å². The van der Waals surface area contributed by atoms with Gasteiger partial charge in [-0.3, -0.25) is 0 Å². The van der Waals surface area contributed by atoms with E-state index < -0.39 is 0 Å². The van der Waals surface area contributed by atoms with Crippen LogP contribution < -0.4 is 0 Å². The third-order valence-corrected chi connectivity index (χ3v) is 3.40. The number of halogens is 2. The molecule has 0 saturated carbocycles. The van der Waals surface area contributed by atoms with E-state index in [1.165, 1.54) is 11.3 Å². The first-order valence-electron chi connectivity index (χ1n) is 3.27. The summed E-state index contributed by atoms with van der Waals surface area (Å²) < 4.78 is 5.79. The number of hydrogen-bond donors (Lipinski definition) is 0. The molecular formula is C7H6ClIO2S. The van der Waals surface area contributed by atoms with E-state index >= 15 is 0 Å². The fourth-order valence-electron chi connectivity index (χ4n) is 0.677. The second-order valence-electron chi connectivity index (χ2n) is 1.95. The highest BCUT2D eigenvalue weighted by atomic mass is 127. The molecule has 0 spiro atoms. The molecule has 0 radical (unpaired) electrons. The Bertz CT molecular complexity index is 298. The van der Waals surface area contributed by atoms with Gasteiger partial charge in [0.15, 0.2) is 0 Å². The Labute approximate surface area is 93.0 Å². The molecule has 0 aliphatic carbocycles. The summed E-state index contributed by atoms with van der Waals surface area (Å²) in [5, 5.41) is 0.475. The first-order valence-corrected chi connectivity index (χ1v) is 5.54. The highest BCUT2D eigenvalue weighted by Gasteiger charge is 2.14. The summed E-state index contributed by atoms with van der Waals surface area (Å²) in [5.74, 6) is -0.338. The third-order valence-electron chi connectivity index (χ3n) is 1.12. The zero-order valence-electron chi connectivity index (χ0n) is 6.27. The second kappa shape index (κ2) is 4.43. The molecule has 0 bridgehead atoms. The van der Waals surface area contributed by atoms with E-state index in [0.717, 1.165) is 2.88 Å². The van der Waals surface area contributed by atoms with Crippen molar-refractivity contribution in [2.45, 2.75) is 6.92 Å². The lowest BCUT2D eigenvalue weighted by molar-refractivity contribution is 0.0532. The maximum absolute atomic E-state index is 11.2. The van der Waals surface area contributed by atoms with Crippen LogP contribution in [0.4, 0.5) is 0 Å². The van der Waals surface area contributed by atoms with Crippen LogP contribution in [0.15, 0.2) is 6.07 Å². The van der Waals surface area contributed by atoms with Crippen molar-refractivity contribution in [3.8, 4) is 0 Å². The van der Waals surface area contributed by atoms with Crippen LogP contribution in [-0.4, -0.2) is 12.6 Å². The summed E-state index contributed by atoms with van der Waals surface area (Å²) in [5.41, 5.74) is 0. The molecule has 1 aromatic heterocycles. The van der Waals surface area contributed by atoms with Crippen LogP contribution in [0.2, 0.25) is 5.02 Å². The molecule has 1 rings (SSSR count). The maximum Gasteiger partial charge on any atom is 0.349 e. The Kier molecular flexibility index (Phi) is 3.79. The zero-order chi connectivity index (χ0) is 9.14. The quantitative estimate of drug-likeness (QED) is 0.619. The van der Waals surface area contributed by atoms with Crippen LogP contribution in [0.5, 0.6) is 0 Å². The Morgan fingerprint density at radius 2 is 2.50 bits per heavy atom. The number of carbonyl (C=O) groups excluding carboxylic acids is 1. The van der Waals surface area contributed by atoms with Gasteiger partial charge in [-0.05, 0) is 35.6 Å². The van der Waals surface area contributed by atoms with Gasteiger partial charge in [0, 0.05) is 0 Å². The van der Waals surface area contributed by atoms with Crippen molar-refractivity contribution in [2.75, 3.05) is 6.61 Å². The molecule has 0 amide bonds. The minimum Gasteiger partial charge on any atom is -0.462 e. The number of hydrogen-bond acceptors (Lipinski definition) is 3. The molecule has 0 saturated heterocycles. The van der Waals surface area contributed by atoms with Crippen molar-refractivity contribution in [1.82, 2.24) is 0 Å². The number of rotatable bonds is 2. The molecule has 5 heteroatoms. The fraction of sp³-hybridized carbons (Fsp3) is 0.286. The molecule has 0 fully saturated rings. The van der Waals surface area contributed by atoms with Crippen LogP contribution in [0, 0.1) is 2.88 Å². The van der Waals surface area contributed by atoms with E-state index in [1.54, 1.807) is 13.0 Å². The summed E-state index contributed by atoms with van der Waals surface area (Å²) in [4.78, 5) is 11.7. The van der Waals surface area contributed by atoms with Crippen molar-refractivity contribution in [3.05, 3.63) is 18.9 Å². The molecule has 0 aromatic carbocycles. The van der Waals surface area contributed by atoms with Gasteiger partial charge in [0.05, 0.1) is 14.5 Å². The fourth-order valence-corrected chi connectivity index (χ4v) is 2.87. The molecule has 0 aliphatic rings. The van der Waals surface area contributed by atoms with E-state index in [2.05, 4.69) is 22.6 Å². The van der Waals surface area contributed by atoms with E-state index in [4.69, 9.17) is 16.3 Å². The molecule has 12 heavy (non-hydrogen) atoms. The van der Waals surface area contributed by atoms with E-state index in [9.17, 15) is 4.79 Å². The second-order valence-corrected chi connectivity index (χ2v) is 5.30. The van der Waals surface area contributed by atoms with Crippen LogP contribution in [0.25, 0.3) is 0 Å². The van der Waals surface area contributed by atoms with Gasteiger partial charge in [0.2, 0.25) is 0 Å². The minimum atomic E-state index is -0.338. The van der Waals surface area contributed by atoms with Crippen molar-refractivity contribution in [3.63, 3.8) is 0 Å². The molecule has 0 atom stereocenters. The molecule has 0 aliphatic heterocycles. The Balaban J connectivity index is 2.87. The van der Waals surface area contributed by atoms with E-state index in [1.807, 2.05) is 0 Å². The van der Waals surface area contributed by atoms with Crippen LogP contribution in [0.1, 0.15) is 16.6 Å². The maximum atomic E-state index is 11.2. The summed E-state index contributed by atoms with van der Waals surface area (Å²) >= 11 is 9.24. The van der Waals surface area contributed by atoms with Gasteiger partial charge in [-0.1, -0.05) is 11.6 Å². The standard InChI is InChI=1S/C7H6ClIO2S/c1-2-11-7(10)6-4(8)3-5(9)12-6/h3H,2H2,1H3. The highest BCUT2D eigenvalue weighted by Crippen LogP contribution is 2.28. The molecular weight excluding hydrogens is 310 g/mol. The topological polar surface area (TPSA) is 26.3 Å². The lowest BCUT2D eigenvalue weighted by atomic mass is 10.5. The van der Waals surface area contributed by atoms with Gasteiger partial charge in [-0.25, -0.2) is 4.79 Å². The molecule has 1 heterocycles. The number of thiophene rings is 1. The number of ether oxygens (including phenoxy) is 1. The average Bonchev–Trinajstić information content (AvgIpc) is 2.30. The molecule has 1 aromatic rings. The summed E-state index contributed by atoms with van der Waals surface area (Å²) in [6.45, 7) is 2.15. The van der Waals surface area contributed by atoms with E-state index in [-0.39, 0.29) is 5.97 Å². The summed E-state index contributed by atoms with van der Waals surface area (Å²) in [6, 6.07) is 1.75.